The second-order valence-electron chi connectivity index (χ2n) is 4.92. The first-order chi connectivity index (χ1) is 9.31. The van der Waals surface area contributed by atoms with Crippen LogP contribution < -0.4 is 5.32 Å². The van der Waals surface area contributed by atoms with E-state index in [2.05, 4.69) is 53.6 Å². The molecule has 0 aliphatic heterocycles. The third kappa shape index (κ3) is 3.93. The van der Waals surface area contributed by atoms with Gasteiger partial charge in [0.2, 0.25) is 0 Å². The fourth-order valence-electron chi connectivity index (χ4n) is 2.33. The molecule has 2 aromatic rings. The monoisotopic (exact) mass is 257 g/mol. The van der Waals surface area contributed by atoms with Gasteiger partial charge in [0.15, 0.2) is 0 Å². The van der Waals surface area contributed by atoms with E-state index in [1.165, 1.54) is 22.4 Å². The summed E-state index contributed by atoms with van der Waals surface area (Å²) in [5.41, 5.74) is 5.39. The molecule has 0 spiro atoms. The Kier molecular flexibility index (Phi) is 5.16. The lowest BCUT2D eigenvalue weighted by Crippen LogP contribution is -2.16. The summed E-state index contributed by atoms with van der Waals surface area (Å²) in [5.74, 6) is 0. The zero-order valence-corrected chi connectivity index (χ0v) is 11.9. The molecule has 1 aromatic carbocycles. The van der Waals surface area contributed by atoms with Crippen LogP contribution in [0.4, 0.5) is 0 Å². The van der Waals surface area contributed by atoms with Crippen LogP contribution in [-0.2, 0) is 19.4 Å². The molecule has 0 amide bonds. The van der Waals surface area contributed by atoms with Crippen molar-refractivity contribution in [2.24, 2.45) is 0 Å². The quantitative estimate of drug-likeness (QED) is 0.749. The summed E-state index contributed by atoms with van der Waals surface area (Å²) < 4.78 is 0. The van der Waals surface area contributed by atoms with E-state index in [-0.39, 0.29) is 0 Å². The van der Waals surface area contributed by atoms with Gasteiger partial charge in [-0.25, -0.2) is 0 Å². The van der Waals surface area contributed by atoms with Gasteiger partial charge in [0.25, 0.3) is 0 Å². The molecule has 3 nitrogen and oxygen atoms in total. The fraction of sp³-hybridized carbons (Fsp3) is 0.438. The molecule has 0 saturated carbocycles. The third-order valence-electron chi connectivity index (χ3n) is 3.55. The van der Waals surface area contributed by atoms with Gasteiger partial charge in [0.1, 0.15) is 0 Å². The van der Waals surface area contributed by atoms with Crippen molar-refractivity contribution in [3.05, 3.63) is 52.8 Å². The van der Waals surface area contributed by atoms with Crippen molar-refractivity contribution < 1.29 is 0 Å². The molecule has 0 aliphatic carbocycles. The lowest BCUT2D eigenvalue weighted by atomic mass is 10.1. The van der Waals surface area contributed by atoms with Crippen LogP contribution in [0.3, 0.4) is 0 Å². The highest BCUT2D eigenvalue weighted by molar-refractivity contribution is 5.26. The minimum absolute atomic E-state index is 0.967. The number of H-pyrrole nitrogens is 1. The van der Waals surface area contributed by atoms with Crippen LogP contribution in [0.15, 0.2) is 30.5 Å². The Morgan fingerprint density at radius 3 is 2.63 bits per heavy atom. The average molecular weight is 257 g/mol. The fourth-order valence-corrected chi connectivity index (χ4v) is 2.33. The average Bonchev–Trinajstić information content (AvgIpc) is 2.84. The molecule has 0 bridgehead atoms. The second kappa shape index (κ2) is 7.10. The van der Waals surface area contributed by atoms with Crippen LogP contribution in [-0.4, -0.2) is 16.7 Å². The van der Waals surface area contributed by atoms with Crippen LogP contribution in [0.1, 0.15) is 35.7 Å². The first kappa shape index (κ1) is 13.8. The van der Waals surface area contributed by atoms with E-state index in [9.17, 15) is 0 Å². The molecular formula is C16H23N3. The van der Waals surface area contributed by atoms with E-state index in [0.717, 1.165) is 32.4 Å². The van der Waals surface area contributed by atoms with Crippen molar-refractivity contribution in [3.8, 4) is 0 Å². The van der Waals surface area contributed by atoms with Crippen LogP contribution in [0, 0.1) is 6.92 Å². The Morgan fingerprint density at radius 2 is 1.95 bits per heavy atom. The van der Waals surface area contributed by atoms with Gasteiger partial charge in [0.05, 0.1) is 6.20 Å². The summed E-state index contributed by atoms with van der Waals surface area (Å²) in [7, 11) is 0. The van der Waals surface area contributed by atoms with E-state index in [4.69, 9.17) is 0 Å². The number of hydrogen-bond donors (Lipinski definition) is 2. The number of nitrogens with one attached hydrogen (secondary N) is 2. The van der Waals surface area contributed by atoms with Gasteiger partial charge < -0.3 is 5.32 Å². The lowest BCUT2D eigenvalue weighted by molar-refractivity contribution is 0.646. The summed E-state index contributed by atoms with van der Waals surface area (Å²) in [6.07, 6.45) is 5.27. The Morgan fingerprint density at radius 1 is 1.16 bits per heavy atom. The minimum Gasteiger partial charge on any atom is -0.313 e. The number of nitrogens with zero attached hydrogens (tertiary/aromatic N) is 1. The first-order valence-electron chi connectivity index (χ1n) is 7.07. The highest BCUT2D eigenvalue weighted by Gasteiger charge is 2.01. The van der Waals surface area contributed by atoms with Crippen molar-refractivity contribution in [2.45, 2.75) is 39.7 Å². The molecule has 2 N–H and O–H groups in total. The third-order valence-corrected chi connectivity index (χ3v) is 3.55. The van der Waals surface area contributed by atoms with Gasteiger partial charge in [-0.2, -0.15) is 5.10 Å². The SMILES string of the molecule is CCc1ccccc1CNCCCc1cn[nH]c1C. The molecular weight excluding hydrogens is 234 g/mol. The largest absolute Gasteiger partial charge is 0.313 e. The number of aromatic nitrogens is 2. The molecule has 0 aliphatic rings. The number of rotatable bonds is 7. The molecule has 102 valence electrons. The molecule has 0 saturated heterocycles. The van der Waals surface area contributed by atoms with E-state index in [0.29, 0.717) is 0 Å². The van der Waals surface area contributed by atoms with Crippen molar-refractivity contribution in [1.82, 2.24) is 15.5 Å². The highest BCUT2D eigenvalue weighted by Crippen LogP contribution is 2.09. The van der Waals surface area contributed by atoms with E-state index in [1.54, 1.807) is 0 Å². The maximum absolute atomic E-state index is 4.05. The van der Waals surface area contributed by atoms with Crippen LogP contribution >= 0.6 is 0 Å². The van der Waals surface area contributed by atoms with Gasteiger partial charge in [0, 0.05) is 12.2 Å². The van der Waals surface area contributed by atoms with Gasteiger partial charge in [-0.1, -0.05) is 31.2 Å². The zero-order chi connectivity index (χ0) is 13.5. The molecule has 0 radical (unpaired) electrons. The topological polar surface area (TPSA) is 40.7 Å². The summed E-state index contributed by atoms with van der Waals surface area (Å²) >= 11 is 0. The van der Waals surface area contributed by atoms with Crippen molar-refractivity contribution in [3.63, 3.8) is 0 Å². The predicted octanol–water partition coefficient (Wildman–Crippen LogP) is 3.00. The normalized spacial score (nSPS) is 10.8. The smallest absolute Gasteiger partial charge is 0.0522 e. The summed E-state index contributed by atoms with van der Waals surface area (Å²) in [5, 5.41) is 10.6. The maximum atomic E-state index is 4.05. The highest BCUT2D eigenvalue weighted by atomic mass is 15.1. The first-order valence-corrected chi connectivity index (χ1v) is 7.07. The summed E-state index contributed by atoms with van der Waals surface area (Å²) in [4.78, 5) is 0. The second-order valence-corrected chi connectivity index (χ2v) is 4.92. The maximum Gasteiger partial charge on any atom is 0.0522 e. The Balaban J connectivity index is 1.71. The van der Waals surface area contributed by atoms with Crippen LogP contribution in [0.2, 0.25) is 0 Å². The Hall–Kier alpha value is -1.61. The molecule has 19 heavy (non-hydrogen) atoms. The Bertz CT molecular complexity index is 502. The molecule has 3 heteroatoms. The standard InChI is InChI=1S/C16H23N3/c1-3-14-7-4-5-8-16(14)11-17-10-6-9-15-12-18-19-13(15)2/h4-5,7-8,12,17H,3,6,9-11H2,1-2H3,(H,18,19). The predicted molar refractivity (Wildman–Crippen MR) is 79.2 cm³/mol. The Labute approximate surface area is 115 Å². The van der Waals surface area contributed by atoms with E-state index >= 15 is 0 Å². The van der Waals surface area contributed by atoms with Crippen LogP contribution in [0.5, 0.6) is 0 Å². The molecule has 2 rings (SSSR count). The van der Waals surface area contributed by atoms with Crippen LogP contribution in [0.25, 0.3) is 0 Å². The summed E-state index contributed by atoms with van der Waals surface area (Å²) in [6.45, 7) is 6.30. The lowest BCUT2D eigenvalue weighted by Gasteiger charge is -2.09. The molecule has 0 fully saturated rings. The van der Waals surface area contributed by atoms with Crippen molar-refractivity contribution in [1.29, 1.82) is 0 Å². The van der Waals surface area contributed by atoms with Gasteiger partial charge in [-0.15, -0.1) is 0 Å². The molecule has 0 atom stereocenters. The zero-order valence-electron chi connectivity index (χ0n) is 11.9. The number of aromatic amines is 1. The van der Waals surface area contributed by atoms with Crippen molar-refractivity contribution in [2.75, 3.05) is 6.54 Å². The number of hydrogen-bond acceptors (Lipinski definition) is 2. The van der Waals surface area contributed by atoms with Gasteiger partial charge >= 0.3 is 0 Å². The summed E-state index contributed by atoms with van der Waals surface area (Å²) in [6, 6.07) is 8.66. The molecule has 1 heterocycles. The number of aryl methyl sites for hydroxylation is 3. The molecule has 1 aromatic heterocycles. The number of benzene rings is 1. The van der Waals surface area contributed by atoms with Crippen molar-refractivity contribution >= 4 is 0 Å². The van der Waals surface area contributed by atoms with E-state index in [1.807, 2.05) is 6.20 Å². The van der Waals surface area contributed by atoms with Gasteiger partial charge in [-0.3, -0.25) is 5.10 Å². The van der Waals surface area contributed by atoms with Gasteiger partial charge in [-0.05, 0) is 49.4 Å². The minimum atomic E-state index is 0.967. The van der Waals surface area contributed by atoms with E-state index < -0.39 is 0 Å². The molecule has 0 unspecified atom stereocenters.